The van der Waals surface area contributed by atoms with Gasteiger partial charge in [0.05, 0.1) is 30.4 Å². The Morgan fingerprint density at radius 1 is 1.40 bits per heavy atom. The summed E-state index contributed by atoms with van der Waals surface area (Å²) in [6.45, 7) is 3.54. The van der Waals surface area contributed by atoms with Gasteiger partial charge in [-0.1, -0.05) is 19.1 Å². The van der Waals surface area contributed by atoms with E-state index in [-0.39, 0.29) is 12.0 Å². The Morgan fingerprint density at radius 3 is 3.20 bits per heavy atom. The summed E-state index contributed by atoms with van der Waals surface area (Å²) >= 11 is 0. The van der Waals surface area contributed by atoms with Gasteiger partial charge in [0.2, 0.25) is 0 Å². The summed E-state index contributed by atoms with van der Waals surface area (Å²) in [6.07, 6.45) is 3.26. The lowest BCUT2D eigenvalue weighted by Gasteiger charge is -2.31. The minimum atomic E-state index is -0.305. The van der Waals surface area contributed by atoms with E-state index in [1.54, 1.807) is 11.1 Å². The minimum absolute atomic E-state index is 0.0348. The zero-order valence-corrected chi connectivity index (χ0v) is 14.0. The molecule has 1 atom stereocenters. The molecule has 1 aliphatic heterocycles. The van der Waals surface area contributed by atoms with Gasteiger partial charge in [-0.05, 0) is 12.5 Å². The zero-order chi connectivity index (χ0) is 17.2. The SMILES string of the molecule is CCCc1nc([C@@H]2CN(C(=O)c3cccc4cn[nH]c34)CCO2)n[nH]1. The van der Waals surface area contributed by atoms with Gasteiger partial charge in [0.25, 0.3) is 5.91 Å². The van der Waals surface area contributed by atoms with Gasteiger partial charge in [0, 0.05) is 18.4 Å². The standard InChI is InChI=1S/C17H20N6O2/c1-2-4-14-19-16(22-20-14)13-10-23(7-8-25-13)17(24)12-6-3-5-11-9-18-21-15(11)12/h3,5-6,9,13H,2,4,7-8,10H2,1H3,(H,18,21)(H,19,20,22)/t13-/m0/s1. The second-order valence-electron chi connectivity index (χ2n) is 6.14. The quantitative estimate of drug-likeness (QED) is 0.755. The highest BCUT2D eigenvalue weighted by molar-refractivity contribution is 6.05. The maximum Gasteiger partial charge on any atom is 0.256 e. The number of rotatable bonds is 4. The molecule has 8 heteroatoms. The molecule has 0 radical (unpaired) electrons. The smallest absolute Gasteiger partial charge is 0.256 e. The van der Waals surface area contributed by atoms with Crippen LogP contribution in [0.3, 0.4) is 0 Å². The van der Waals surface area contributed by atoms with Crippen molar-refractivity contribution in [1.29, 1.82) is 0 Å². The maximum atomic E-state index is 13.0. The molecule has 1 fully saturated rings. The van der Waals surface area contributed by atoms with E-state index in [0.717, 1.165) is 29.6 Å². The van der Waals surface area contributed by atoms with Gasteiger partial charge in [-0.15, -0.1) is 0 Å². The number of carbonyl (C=O) groups excluding carboxylic acids is 1. The number of carbonyl (C=O) groups is 1. The number of para-hydroxylation sites is 1. The van der Waals surface area contributed by atoms with Crippen LogP contribution in [0.4, 0.5) is 0 Å². The van der Waals surface area contributed by atoms with Gasteiger partial charge in [0.15, 0.2) is 5.82 Å². The Bertz CT molecular complexity index is 886. The average Bonchev–Trinajstić information content (AvgIpc) is 3.30. The highest BCUT2D eigenvalue weighted by atomic mass is 16.5. The van der Waals surface area contributed by atoms with E-state index in [9.17, 15) is 4.79 Å². The van der Waals surface area contributed by atoms with Gasteiger partial charge >= 0.3 is 0 Å². The van der Waals surface area contributed by atoms with Crippen molar-refractivity contribution in [3.63, 3.8) is 0 Å². The number of hydrogen-bond acceptors (Lipinski definition) is 5. The Morgan fingerprint density at radius 2 is 2.32 bits per heavy atom. The Kier molecular flexibility index (Phi) is 4.19. The number of benzene rings is 1. The van der Waals surface area contributed by atoms with Crippen molar-refractivity contribution in [3.8, 4) is 0 Å². The number of morpholine rings is 1. The fourth-order valence-corrected chi connectivity index (χ4v) is 3.11. The van der Waals surface area contributed by atoms with E-state index < -0.39 is 0 Å². The molecule has 1 aromatic carbocycles. The second kappa shape index (κ2) is 6.64. The highest BCUT2D eigenvalue weighted by Crippen LogP contribution is 2.23. The summed E-state index contributed by atoms with van der Waals surface area (Å²) in [5.41, 5.74) is 1.39. The molecular formula is C17H20N6O2. The molecule has 3 aromatic rings. The molecular weight excluding hydrogens is 320 g/mol. The van der Waals surface area contributed by atoms with E-state index in [0.29, 0.717) is 31.1 Å². The van der Waals surface area contributed by atoms with Gasteiger partial charge in [-0.2, -0.15) is 10.2 Å². The molecule has 1 aliphatic rings. The Labute approximate surface area is 144 Å². The monoisotopic (exact) mass is 340 g/mol. The van der Waals surface area contributed by atoms with Crippen molar-refractivity contribution in [1.82, 2.24) is 30.3 Å². The third-order valence-corrected chi connectivity index (χ3v) is 4.38. The number of fused-ring (bicyclic) bond motifs is 1. The first-order valence-electron chi connectivity index (χ1n) is 8.50. The number of nitrogens with zero attached hydrogens (tertiary/aromatic N) is 4. The number of aromatic amines is 2. The van der Waals surface area contributed by atoms with Crippen LogP contribution in [0.1, 0.15) is 41.5 Å². The molecule has 8 nitrogen and oxygen atoms in total. The Balaban J connectivity index is 1.54. The molecule has 0 aliphatic carbocycles. The molecule has 0 bridgehead atoms. The second-order valence-corrected chi connectivity index (χ2v) is 6.14. The third kappa shape index (κ3) is 3.00. The third-order valence-electron chi connectivity index (χ3n) is 4.38. The molecule has 0 unspecified atom stereocenters. The van der Waals surface area contributed by atoms with Crippen LogP contribution in [0.15, 0.2) is 24.4 Å². The summed E-state index contributed by atoms with van der Waals surface area (Å²) in [4.78, 5) is 19.2. The number of aryl methyl sites for hydroxylation is 1. The largest absolute Gasteiger partial charge is 0.366 e. The van der Waals surface area contributed by atoms with Crippen LogP contribution in [-0.2, 0) is 11.2 Å². The van der Waals surface area contributed by atoms with E-state index in [1.165, 1.54) is 0 Å². The number of nitrogens with one attached hydrogen (secondary N) is 2. The minimum Gasteiger partial charge on any atom is -0.366 e. The number of amides is 1. The van der Waals surface area contributed by atoms with Crippen LogP contribution in [0.5, 0.6) is 0 Å². The normalized spacial score (nSPS) is 18.0. The number of H-pyrrole nitrogens is 2. The summed E-state index contributed by atoms with van der Waals surface area (Å²) in [5, 5.41) is 15.1. The van der Waals surface area contributed by atoms with Crippen molar-refractivity contribution in [2.24, 2.45) is 0 Å². The molecule has 0 spiro atoms. The van der Waals surface area contributed by atoms with Crippen LogP contribution >= 0.6 is 0 Å². The van der Waals surface area contributed by atoms with Crippen molar-refractivity contribution in [2.75, 3.05) is 19.7 Å². The molecule has 1 saturated heterocycles. The zero-order valence-electron chi connectivity index (χ0n) is 14.0. The molecule has 0 saturated carbocycles. The summed E-state index contributed by atoms with van der Waals surface area (Å²) in [6, 6.07) is 5.62. The van der Waals surface area contributed by atoms with E-state index in [1.807, 2.05) is 18.2 Å². The van der Waals surface area contributed by atoms with Crippen LogP contribution in [-0.4, -0.2) is 55.9 Å². The molecule has 2 N–H and O–H groups in total. The molecule has 130 valence electrons. The van der Waals surface area contributed by atoms with Gasteiger partial charge in [-0.3, -0.25) is 15.0 Å². The van der Waals surface area contributed by atoms with Crippen molar-refractivity contribution >= 4 is 16.8 Å². The molecule has 4 rings (SSSR count). The number of hydrogen-bond donors (Lipinski definition) is 2. The molecule has 25 heavy (non-hydrogen) atoms. The first-order valence-corrected chi connectivity index (χ1v) is 8.50. The van der Waals surface area contributed by atoms with Crippen LogP contribution < -0.4 is 0 Å². The Hall–Kier alpha value is -2.74. The van der Waals surface area contributed by atoms with Crippen LogP contribution in [0.2, 0.25) is 0 Å². The number of ether oxygens (including phenoxy) is 1. The fraction of sp³-hybridized carbons (Fsp3) is 0.412. The van der Waals surface area contributed by atoms with Crippen LogP contribution in [0, 0.1) is 0 Å². The predicted molar refractivity (Wildman–Crippen MR) is 91.1 cm³/mol. The van der Waals surface area contributed by atoms with Gasteiger partial charge in [-0.25, -0.2) is 4.98 Å². The van der Waals surface area contributed by atoms with E-state index in [4.69, 9.17) is 4.74 Å². The molecule has 1 amide bonds. The van der Waals surface area contributed by atoms with Gasteiger partial charge in [0.1, 0.15) is 11.9 Å². The highest BCUT2D eigenvalue weighted by Gasteiger charge is 2.29. The number of aromatic nitrogens is 5. The molecule has 3 heterocycles. The first kappa shape index (κ1) is 15.8. The topological polar surface area (TPSA) is 99.8 Å². The van der Waals surface area contributed by atoms with E-state index in [2.05, 4.69) is 32.3 Å². The van der Waals surface area contributed by atoms with Crippen LogP contribution in [0.25, 0.3) is 10.9 Å². The van der Waals surface area contributed by atoms with Crippen molar-refractivity contribution in [3.05, 3.63) is 41.6 Å². The summed E-state index contributed by atoms with van der Waals surface area (Å²) < 4.78 is 5.79. The molecule has 2 aromatic heterocycles. The summed E-state index contributed by atoms with van der Waals surface area (Å²) in [7, 11) is 0. The fourth-order valence-electron chi connectivity index (χ4n) is 3.11. The lowest BCUT2D eigenvalue weighted by atomic mass is 10.1. The lowest BCUT2D eigenvalue weighted by molar-refractivity contribution is -0.0266. The average molecular weight is 340 g/mol. The first-order chi connectivity index (χ1) is 12.3. The van der Waals surface area contributed by atoms with Crippen molar-refractivity contribution < 1.29 is 9.53 Å². The van der Waals surface area contributed by atoms with Crippen molar-refractivity contribution in [2.45, 2.75) is 25.9 Å². The van der Waals surface area contributed by atoms with E-state index >= 15 is 0 Å². The summed E-state index contributed by atoms with van der Waals surface area (Å²) in [5.74, 6) is 1.43. The maximum absolute atomic E-state index is 13.0. The lowest BCUT2D eigenvalue weighted by Crippen LogP contribution is -2.42. The van der Waals surface area contributed by atoms with Gasteiger partial charge < -0.3 is 9.64 Å². The predicted octanol–water partition coefficient (Wildman–Crippen LogP) is 1.85.